The Morgan fingerprint density at radius 1 is 1.07 bits per heavy atom. The zero-order valence-electron chi connectivity index (χ0n) is 16.7. The minimum atomic E-state index is -0.573. The number of carbonyl (C=O) groups excluding carboxylic acids is 2. The molecule has 7 heteroatoms. The summed E-state index contributed by atoms with van der Waals surface area (Å²) < 4.78 is 0. The van der Waals surface area contributed by atoms with Crippen molar-refractivity contribution in [3.05, 3.63) is 69.7 Å². The minimum absolute atomic E-state index is 0.0598. The quantitative estimate of drug-likeness (QED) is 0.505. The van der Waals surface area contributed by atoms with Crippen LogP contribution in [0.3, 0.4) is 0 Å². The summed E-state index contributed by atoms with van der Waals surface area (Å²) >= 11 is 13.8. The molecule has 4 nitrogen and oxygen atoms in total. The van der Waals surface area contributed by atoms with Crippen LogP contribution >= 0.6 is 35.0 Å². The Kier molecular flexibility index (Phi) is 9.85. The number of nitrogens with zero attached hydrogens (tertiary/aromatic N) is 1. The average molecular weight is 453 g/mol. The first kappa shape index (κ1) is 23.6. The van der Waals surface area contributed by atoms with Crippen LogP contribution in [-0.4, -0.2) is 35.1 Å². The Morgan fingerprint density at radius 3 is 2.45 bits per heavy atom. The van der Waals surface area contributed by atoms with Crippen molar-refractivity contribution in [3.8, 4) is 0 Å². The van der Waals surface area contributed by atoms with E-state index in [1.54, 1.807) is 35.7 Å². The van der Waals surface area contributed by atoms with Gasteiger partial charge in [-0.05, 0) is 37.1 Å². The molecule has 0 unspecified atom stereocenters. The fraction of sp³-hybridized carbons (Fsp3) is 0.364. The summed E-state index contributed by atoms with van der Waals surface area (Å²) in [5, 5.41) is 3.68. The topological polar surface area (TPSA) is 49.4 Å². The van der Waals surface area contributed by atoms with Gasteiger partial charge in [0.25, 0.3) is 0 Å². The zero-order chi connectivity index (χ0) is 21.2. The van der Waals surface area contributed by atoms with Gasteiger partial charge in [-0.25, -0.2) is 0 Å². The molecule has 2 rings (SSSR count). The first-order chi connectivity index (χ1) is 13.9. The number of hydrogen-bond acceptors (Lipinski definition) is 3. The third kappa shape index (κ3) is 7.57. The number of halogens is 2. The Balaban J connectivity index is 2.01. The van der Waals surface area contributed by atoms with Gasteiger partial charge >= 0.3 is 0 Å². The molecule has 0 aromatic heterocycles. The molecule has 0 radical (unpaired) electrons. The van der Waals surface area contributed by atoms with E-state index in [1.807, 2.05) is 31.2 Å². The van der Waals surface area contributed by atoms with Crippen molar-refractivity contribution < 1.29 is 9.59 Å². The maximum absolute atomic E-state index is 12.9. The molecule has 0 bridgehead atoms. The van der Waals surface area contributed by atoms with Crippen molar-refractivity contribution in [1.82, 2.24) is 10.2 Å². The number of likely N-dealkylation sites (N-methyl/N-ethyl adjacent to an activating group) is 1. The molecule has 2 amide bonds. The number of amides is 2. The van der Waals surface area contributed by atoms with Crippen molar-refractivity contribution in [2.24, 2.45) is 0 Å². The molecule has 1 N–H and O–H groups in total. The van der Waals surface area contributed by atoms with Gasteiger partial charge in [0, 0.05) is 31.0 Å². The van der Waals surface area contributed by atoms with Crippen LogP contribution in [0.1, 0.15) is 31.4 Å². The highest BCUT2D eigenvalue weighted by molar-refractivity contribution is 7.98. The highest BCUT2D eigenvalue weighted by Crippen LogP contribution is 2.24. The van der Waals surface area contributed by atoms with Crippen LogP contribution in [-0.2, 0) is 21.9 Å². The SMILES string of the molecule is CCNC(=O)[C@H](C)N(Cc1ccc(Cl)c(Cl)c1)C(=O)CCSCc1ccccc1. The van der Waals surface area contributed by atoms with Crippen molar-refractivity contribution in [1.29, 1.82) is 0 Å². The minimum Gasteiger partial charge on any atom is -0.355 e. The molecular weight excluding hydrogens is 427 g/mol. The molecule has 0 spiro atoms. The second kappa shape index (κ2) is 12.1. The molecule has 0 aliphatic carbocycles. The van der Waals surface area contributed by atoms with E-state index in [0.29, 0.717) is 35.3 Å². The molecule has 0 saturated carbocycles. The lowest BCUT2D eigenvalue weighted by Gasteiger charge is -2.29. The van der Waals surface area contributed by atoms with Gasteiger partial charge in [-0.15, -0.1) is 0 Å². The van der Waals surface area contributed by atoms with Gasteiger partial charge < -0.3 is 10.2 Å². The monoisotopic (exact) mass is 452 g/mol. The second-order valence-electron chi connectivity index (χ2n) is 6.63. The summed E-state index contributed by atoms with van der Waals surface area (Å²) in [6.07, 6.45) is 0.364. The molecule has 1 atom stereocenters. The Labute approximate surface area is 187 Å². The van der Waals surface area contributed by atoms with Gasteiger partial charge in [0.15, 0.2) is 0 Å². The normalized spacial score (nSPS) is 11.7. The predicted octanol–water partition coefficient (Wildman–Crippen LogP) is 5.17. The van der Waals surface area contributed by atoms with Crippen molar-refractivity contribution in [3.63, 3.8) is 0 Å². The molecular formula is C22H26Cl2N2O2S. The number of benzene rings is 2. The average Bonchev–Trinajstić information content (AvgIpc) is 2.72. The van der Waals surface area contributed by atoms with E-state index in [2.05, 4.69) is 17.4 Å². The summed E-state index contributed by atoms with van der Waals surface area (Å²) in [6.45, 7) is 4.43. The first-order valence-electron chi connectivity index (χ1n) is 9.55. The molecule has 0 fully saturated rings. The zero-order valence-corrected chi connectivity index (χ0v) is 19.0. The molecule has 156 valence electrons. The molecule has 29 heavy (non-hydrogen) atoms. The van der Waals surface area contributed by atoms with Gasteiger partial charge in [-0.2, -0.15) is 11.8 Å². The van der Waals surface area contributed by atoms with E-state index < -0.39 is 6.04 Å². The Bertz CT molecular complexity index is 818. The largest absolute Gasteiger partial charge is 0.355 e. The highest BCUT2D eigenvalue weighted by Gasteiger charge is 2.25. The third-order valence-corrected chi connectivity index (χ3v) is 6.20. The smallest absolute Gasteiger partial charge is 0.242 e. The Morgan fingerprint density at radius 2 is 1.79 bits per heavy atom. The summed E-state index contributed by atoms with van der Waals surface area (Å²) in [4.78, 5) is 26.9. The number of hydrogen-bond donors (Lipinski definition) is 1. The summed E-state index contributed by atoms with van der Waals surface area (Å²) in [5.74, 6) is 1.31. The van der Waals surface area contributed by atoms with Crippen molar-refractivity contribution in [2.75, 3.05) is 12.3 Å². The maximum atomic E-state index is 12.9. The van der Waals surface area contributed by atoms with Crippen LogP contribution in [0.4, 0.5) is 0 Å². The van der Waals surface area contributed by atoms with E-state index in [4.69, 9.17) is 23.2 Å². The van der Waals surface area contributed by atoms with Crippen LogP contribution in [0.2, 0.25) is 10.0 Å². The fourth-order valence-corrected chi connectivity index (χ4v) is 4.02. The van der Waals surface area contributed by atoms with E-state index in [1.165, 1.54) is 5.56 Å². The molecule has 0 heterocycles. The van der Waals surface area contributed by atoms with Gasteiger partial charge in [-0.1, -0.05) is 59.6 Å². The number of thioether (sulfide) groups is 1. The van der Waals surface area contributed by atoms with E-state index in [-0.39, 0.29) is 11.8 Å². The predicted molar refractivity (Wildman–Crippen MR) is 122 cm³/mol. The maximum Gasteiger partial charge on any atom is 0.242 e. The summed E-state index contributed by atoms with van der Waals surface area (Å²) in [7, 11) is 0. The summed E-state index contributed by atoms with van der Waals surface area (Å²) in [6, 6.07) is 14.8. The lowest BCUT2D eigenvalue weighted by Crippen LogP contribution is -2.47. The molecule has 2 aromatic rings. The van der Waals surface area contributed by atoms with E-state index in [0.717, 1.165) is 11.3 Å². The van der Waals surface area contributed by atoms with Crippen LogP contribution in [0.15, 0.2) is 48.5 Å². The first-order valence-corrected chi connectivity index (χ1v) is 11.5. The summed E-state index contributed by atoms with van der Waals surface area (Å²) in [5.41, 5.74) is 2.06. The van der Waals surface area contributed by atoms with Crippen molar-refractivity contribution in [2.45, 2.75) is 38.6 Å². The number of carbonyl (C=O) groups is 2. The molecule has 0 aliphatic heterocycles. The van der Waals surface area contributed by atoms with Gasteiger partial charge in [0.1, 0.15) is 6.04 Å². The van der Waals surface area contributed by atoms with Gasteiger partial charge in [-0.3, -0.25) is 9.59 Å². The van der Waals surface area contributed by atoms with Crippen LogP contribution in [0, 0.1) is 0 Å². The van der Waals surface area contributed by atoms with Crippen LogP contribution in [0.5, 0.6) is 0 Å². The highest BCUT2D eigenvalue weighted by atomic mass is 35.5. The van der Waals surface area contributed by atoms with Gasteiger partial charge in [0.2, 0.25) is 11.8 Å². The van der Waals surface area contributed by atoms with Crippen LogP contribution in [0.25, 0.3) is 0 Å². The van der Waals surface area contributed by atoms with E-state index >= 15 is 0 Å². The standard InChI is InChI=1S/C22H26Cl2N2O2S/c1-3-25-22(28)16(2)26(14-18-9-10-19(23)20(24)13-18)21(27)11-12-29-15-17-7-5-4-6-8-17/h4-10,13,16H,3,11-12,14-15H2,1-2H3,(H,25,28)/t16-/m0/s1. The number of nitrogens with one attached hydrogen (secondary N) is 1. The number of rotatable bonds is 10. The van der Waals surface area contributed by atoms with Crippen LogP contribution < -0.4 is 5.32 Å². The van der Waals surface area contributed by atoms with Crippen molar-refractivity contribution >= 4 is 46.8 Å². The third-order valence-electron chi connectivity index (χ3n) is 4.43. The lowest BCUT2D eigenvalue weighted by molar-refractivity contribution is -0.140. The van der Waals surface area contributed by atoms with Gasteiger partial charge in [0.05, 0.1) is 10.0 Å². The fourth-order valence-electron chi connectivity index (χ4n) is 2.81. The Hall–Kier alpha value is -1.69. The second-order valence-corrected chi connectivity index (χ2v) is 8.55. The molecule has 2 aromatic carbocycles. The van der Waals surface area contributed by atoms with E-state index in [9.17, 15) is 9.59 Å². The molecule has 0 saturated heterocycles. The lowest BCUT2D eigenvalue weighted by atomic mass is 10.1. The molecule has 0 aliphatic rings.